The fourth-order valence-electron chi connectivity index (χ4n) is 9.81. The molecule has 0 radical (unpaired) electrons. The summed E-state index contributed by atoms with van der Waals surface area (Å²) in [5, 5.41) is 10.6. The van der Waals surface area contributed by atoms with Crippen molar-refractivity contribution in [2.24, 2.45) is 0 Å². The van der Waals surface area contributed by atoms with E-state index in [-0.39, 0.29) is 25.7 Å². The number of rotatable bonds is 70. The summed E-state index contributed by atoms with van der Waals surface area (Å²) < 4.78 is 68.4. The number of allylic oxidation sites excluding steroid dienone is 16. The van der Waals surface area contributed by atoms with E-state index in [4.69, 9.17) is 37.0 Å². The molecule has 0 aliphatic heterocycles. The molecule has 0 spiro atoms. The van der Waals surface area contributed by atoms with Gasteiger partial charge in [-0.2, -0.15) is 0 Å². The van der Waals surface area contributed by atoms with Gasteiger partial charge in [-0.1, -0.05) is 260 Å². The molecule has 0 aromatic heterocycles. The number of phosphoric acid groups is 2. The number of carbonyl (C=O) groups excluding carboxylic acids is 4. The zero-order chi connectivity index (χ0) is 70.4. The summed E-state index contributed by atoms with van der Waals surface area (Å²) in [4.78, 5) is 72.7. The molecular formula is C77H134O17P2. The highest BCUT2D eigenvalue weighted by Gasteiger charge is 2.30. The summed E-state index contributed by atoms with van der Waals surface area (Å²) in [5.41, 5.74) is 0. The van der Waals surface area contributed by atoms with Crippen molar-refractivity contribution in [3.8, 4) is 0 Å². The van der Waals surface area contributed by atoms with Crippen LogP contribution in [0.2, 0.25) is 0 Å². The largest absolute Gasteiger partial charge is 0.472 e. The number of hydrogen-bond acceptors (Lipinski definition) is 15. The van der Waals surface area contributed by atoms with Crippen molar-refractivity contribution < 1.29 is 80.2 Å². The van der Waals surface area contributed by atoms with Crippen molar-refractivity contribution in [3.63, 3.8) is 0 Å². The molecule has 0 aliphatic rings. The second-order valence-electron chi connectivity index (χ2n) is 24.9. The quantitative estimate of drug-likeness (QED) is 0.0169. The standard InChI is InChI=1S/C77H134O17P2/c1-5-9-13-17-21-25-29-33-35-39-42-46-50-54-58-62-75(80)88-68-73(94-77(82)64-60-56-52-48-44-40-36-34-30-26-22-18-14-10-6-2)70-92-96(85,86)90-66-71(78)65-89-95(83,84)91-69-72(93-76(81)63-59-55-51-47-43-38-32-28-24-20-16-12-8-4)67-87-74(79)61-57-53-49-45-41-37-31-27-23-19-15-11-7-3/h9,13,15,19,21-22,25-27,31,33-36,42,46,71-73,78H,5-8,10-12,14,16-18,20,23-24,28-30,32,37-41,43-45,47-70H2,1-4H3,(H,83,84)(H,85,86)/b13-9-,19-15-,25-21-,26-22-,31-27-,35-33-,36-34-,46-42-. The molecule has 0 rings (SSSR count). The molecule has 0 bridgehead atoms. The number of esters is 4. The molecule has 0 saturated heterocycles. The predicted octanol–water partition coefficient (Wildman–Crippen LogP) is 21.2. The van der Waals surface area contributed by atoms with Crippen LogP contribution in [-0.4, -0.2) is 96.7 Å². The average molecular weight is 1390 g/mol. The van der Waals surface area contributed by atoms with Gasteiger partial charge in [0.05, 0.1) is 26.4 Å². The molecular weight excluding hydrogens is 1260 g/mol. The van der Waals surface area contributed by atoms with Gasteiger partial charge in [0.25, 0.3) is 0 Å². The molecule has 5 unspecified atom stereocenters. The molecule has 5 atom stereocenters. The number of aliphatic hydroxyl groups excluding tert-OH is 1. The van der Waals surface area contributed by atoms with Crippen LogP contribution in [0.25, 0.3) is 0 Å². The third kappa shape index (κ3) is 68.5. The number of carbonyl (C=O) groups is 4. The summed E-state index contributed by atoms with van der Waals surface area (Å²) in [5.74, 6) is -2.24. The highest BCUT2D eigenvalue weighted by Crippen LogP contribution is 2.45. The lowest BCUT2D eigenvalue weighted by Gasteiger charge is -2.21. The maximum Gasteiger partial charge on any atom is 0.472 e. The predicted molar refractivity (Wildman–Crippen MR) is 390 cm³/mol. The Morgan fingerprint density at radius 1 is 0.302 bits per heavy atom. The van der Waals surface area contributed by atoms with Crippen LogP contribution in [0, 0.1) is 0 Å². The minimum Gasteiger partial charge on any atom is -0.462 e. The summed E-state index contributed by atoms with van der Waals surface area (Å²) in [6.45, 7) is 4.60. The highest BCUT2D eigenvalue weighted by molar-refractivity contribution is 7.47. The Morgan fingerprint density at radius 3 is 0.917 bits per heavy atom. The van der Waals surface area contributed by atoms with Gasteiger partial charge in [0, 0.05) is 25.7 Å². The Balaban J connectivity index is 5.39. The van der Waals surface area contributed by atoms with Gasteiger partial charge in [0.1, 0.15) is 19.3 Å². The SMILES string of the molecule is CC/C=C\C/C=C\C/C=C\C/C=C\CCCCC(=O)OCC(COP(=O)(O)OCC(O)COP(=O)(O)OCC(COC(=O)CCCCCCC/C=C\C/C=C\CCC)OC(=O)CCCCCCCCCCCCCCC)OC(=O)CCCCCCC/C=C\C/C=C\CCCCC. The molecule has 19 heteroatoms. The molecule has 0 aromatic carbocycles. The van der Waals surface area contributed by atoms with E-state index in [2.05, 4.69) is 125 Å². The van der Waals surface area contributed by atoms with E-state index in [1.165, 1.54) is 70.6 Å². The van der Waals surface area contributed by atoms with Gasteiger partial charge in [-0.25, -0.2) is 9.13 Å². The van der Waals surface area contributed by atoms with Gasteiger partial charge in [0.2, 0.25) is 0 Å². The summed E-state index contributed by atoms with van der Waals surface area (Å²) >= 11 is 0. The third-order valence-corrected chi connectivity index (χ3v) is 17.4. The lowest BCUT2D eigenvalue weighted by Crippen LogP contribution is -2.30. The molecule has 0 aliphatic carbocycles. The normalized spacial score (nSPS) is 14.5. The molecule has 96 heavy (non-hydrogen) atoms. The zero-order valence-electron chi connectivity index (χ0n) is 60.3. The average Bonchev–Trinajstić information content (AvgIpc) is 1.36. The van der Waals surface area contributed by atoms with Crippen LogP contribution in [0.1, 0.15) is 310 Å². The fourth-order valence-corrected chi connectivity index (χ4v) is 11.4. The smallest absolute Gasteiger partial charge is 0.462 e. The fraction of sp³-hybridized carbons (Fsp3) is 0.740. The summed E-state index contributed by atoms with van der Waals surface area (Å²) in [6, 6.07) is 0. The first kappa shape index (κ1) is 92.0. The van der Waals surface area contributed by atoms with Gasteiger partial charge >= 0.3 is 39.5 Å². The topological polar surface area (TPSA) is 237 Å². The van der Waals surface area contributed by atoms with Crippen LogP contribution in [0.5, 0.6) is 0 Å². The number of phosphoric ester groups is 2. The summed E-state index contributed by atoms with van der Waals surface area (Å²) in [7, 11) is -9.96. The van der Waals surface area contributed by atoms with Gasteiger partial charge in [-0.15, -0.1) is 0 Å². The Kier molecular flexibility index (Phi) is 66.6. The molecule has 3 N–H and O–H groups in total. The molecule has 0 saturated carbocycles. The Hall–Kier alpha value is -4.02. The van der Waals surface area contributed by atoms with Gasteiger partial charge in [-0.3, -0.25) is 37.3 Å². The van der Waals surface area contributed by atoms with Crippen molar-refractivity contribution in [2.45, 2.75) is 329 Å². The molecule has 0 heterocycles. The molecule has 0 aromatic rings. The van der Waals surface area contributed by atoms with Crippen molar-refractivity contribution >= 4 is 39.5 Å². The maximum atomic E-state index is 13.1. The second kappa shape index (κ2) is 69.5. The van der Waals surface area contributed by atoms with E-state index in [0.717, 1.165) is 161 Å². The lowest BCUT2D eigenvalue weighted by atomic mass is 10.0. The lowest BCUT2D eigenvalue weighted by molar-refractivity contribution is -0.161. The zero-order valence-corrected chi connectivity index (χ0v) is 62.1. The molecule has 17 nitrogen and oxygen atoms in total. The van der Waals surface area contributed by atoms with Crippen molar-refractivity contribution in [1.82, 2.24) is 0 Å². The van der Waals surface area contributed by atoms with Crippen molar-refractivity contribution in [1.29, 1.82) is 0 Å². The van der Waals surface area contributed by atoms with E-state index >= 15 is 0 Å². The minimum absolute atomic E-state index is 0.0695. The van der Waals surface area contributed by atoms with E-state index in [1.807, 2.05) is 0 Å². The number of ether oxygens (including phenoxy) is 4. The van der Waals surface area contributed by atoms with E-state index < -0.39 is 97.5 Å². The number of unbranched alkanes of at least 4 members (excludes halogenated alkanes) is 28. The first-order valence-corrected chi connectivity index (χ1v) is 40.5. The van der Waals surface area contributed by atoms with Crippen molar-refractivity contribution in [2.75, 3.05) is 39.6 Å². The highest BCUT2D eigenvalue weighted by atomic mass is 31.2. The monoisotopic (exact) mass is 1390 g/mol. The maximum absolute atomic E-state index is 13.1. The van der Waals surface area contributed by atoms with Crippen molar-refractivity contribution in [3.05, 3.63) is 97.2 Å². The Bertz CT molecular complexity index is 2200. The van der Waals surface area contributed by atoms with Crippen LogP contribution < -0.4 is 0 Å². The van der Waals surface area contributed by atoms with Crippen LogP contribution in [0.4, 0.5) is 0 Å². The first-order valence-electron chi connectivity index (χ1n) is 37.5. The van der Waals surface area contributed by atoms with Gasteiger partial charge in [-0.05, 0) is 122 Å². The number of hydrogen-bond donors (Lipinski definition) is 3. The van der Waals surface area contributed by atoms with Crippen LogP contribution in [-0.2, 0) is 65.4 Å². The Labute approximate surface area is 582 Å². The summed E-state index contributed by atoms with van der Waals surface area (Å²) in [6.07, 6.45) is 71.2. The van der Waals surface area contributed by atoms with Crippen LogP contribution >= 0.6 is 15.6 Å². The van der Waals surface area contributed by atoms with E-state index in [0.29, 0.717) is 25.7 Å². The van der Waals surface area contributed by atoms with E-state index in [9.17, 15) is 43.2 Å². The minimum atomic E-state index is -4.98. The van der Waals surface area contributed by atoms with Gasteiger partial charge < -0.3 is 33.8 Å². The third-order valence-electron chi connectivity index (χ3n) is 15.5. The van der Waals surface area contributed by atoms with E-state index in [1.54, 1.807) is 0 Å². The Morgan fingerprint density at radius 2 is 0.562 bits per heavy atom. The van der Waals surface area contributed by atoms with Gasteiger partial charge in [0.15, 0.2) is 12.2 Å². The number of aliphatic hydroxyl groups is 1. The molecule has 554 valence electrons. The van der Waals surface area contributed by atoms with Crippen LogP contribution in [0.15, 0.2) is 97.2 Å². The second-order valence-corrected chi connectivity index (χ2v) is 27.8. The molecule has 0 fully saturated rings. The first-order chi connectivity index (χ1) is 46.7. The molecule has 0 amide bonds. The van der Waals surface area contributed by atoms with Crippen LogP contribution in [0.3, 0.4) is 0 Å².